The fraction of sp³-hybridized carbons (Fsp3) is 0.867. The van der Waals surface area contributed by atoms with Gasteiger partial charge in [0.05, 0.1) is 0 Å². The summed E-state index contributed by atoms with van der Waals surface area (Å²) >= 11 is 0. The molecule has 0 radical (unpaired) electrons. The minimum atomic E-state index is -0.536. The zero-order valence-corrected chi connectivity index (χ0v) is 13.6. The van der Waals surface area contributed by atoms with Crippen LogP contribution in [0, 0.1) is 5.92 Å². The molecule has 0 aliphatic carbocycles. The van der Waals surface area contributed by atoms with Gasteiger partial charge in [-0.05, 0) is 39.5 Å². The third kappa shape index (κ3) is 4.39. The molecule has 0 aromatic heterocycles. The van der Waals surface area contributed by atoms with Crippen LogP contribution in [0.25, 0.3) is 0 Å². The molecule has 0 spiro atoms. The Morgan fingerprint density at radius 1 is 1.30 bits per heavy atom. The van der Waals surface area contributed by atoms with Gasteiger partial charge < -0.3 is 9.64 Å². The summed E-state index contributed by atoms with van der Waals surface area (Å²) in [6.45, 7) is 8.26. The average Bonchev–Trinajstić information content (AvgIpc) is 2.70. The number of hydrogen-bond donors (Lipinski definition) is 0. The van der Waals surface area contributed by atoms with Gasteiger partial charge in [-0.3, -0.25) is 9.69 Å². The van der Waals surface area contributed by atoms with Crippen LogP contribution in [0.3, 0.4) is 0 Å². The molecule has 5 nitrogen and oxygen atoms in total. The van der Waals surface area contributed by atoms with Crippen molar-refractivity contribution in [1.82, 2.24) is 9.80 Å². The minimum Gasteiger partial charge on any atom is -0.444 e. The number of nitrogens with zero attached hydrogens (tertiary/aromatic N) is 2. The maximum absolute atomic E-state index is 12.3. The van der Waals surface area contributed by atoms with Crippen molar-refractivity contribution >= 4 is 12.0 Å². The molecule has 0 N–H and O–H groups in total. The highest BCUT2D eigenvalue weighted by Crippen LogP contribution is 2.29. The summed E-state index contributed by atoms with van der Waals surface area (Å²) in [6, 6.07) is -0.378. The van der Waals surface area contributed by atoms with Gasteiger partial charge in [-0.2, -0.15) is 0 Å². The summed E-state index contributed by atoms with van der Waals surface area (Å²) in [5.41, 5.74) is -0.536. The van der Waals surface area contributed by atoms with Crippen molar-refractivity contribution in [2.75, 3.05) is 20.6 Å². The zero-order chi connectivity index (χ0) is 15.5. The minimum absolute atomic E-state index is 0.0190. The van der Waals surface area contributed by atoms with E-state index in [-0.39, 0.29) is 18.0 Å². The fourth-order valence-corrected chi connectivity index (χ4v) is 2.59. The van der Waals surface area contributed by atoms with E-state index in [0.29, 0.717) is 12.5 Å². The van der Waals surface area contributed by atoms with Crippen molar-refractivity contribution in [1.29, 1.82) is 0 Å². The molecular formula is C15H28N2O3. The number of carbonyl (C=O) groups is 2. The molecule has 0 bridgehead atoms. The quantitative estimate of drug-likeness (QED) is 0.800. The lowest BCUT2D eigenvalue weighted by Crippen LogP contribution is -2.47. The highest BCUT2D eigenvalue weighted by atomic mass is 16.6. The number of likely N-dealkylation sites (N-methyl/N-ethyl adjacent to an activating group) is 1. The van der Waals surface area contributed by atoms with Crippen LogP contribution in [0.15, 0.2) is 0 Å². The van der Waals surface area contributed by atoms with Crippen LogP contribution >= 0.6 is 0 Å². The molecule has 0 aromatic carbocycles. The lowest BCUT2D eigenvalue weighted by atomic mass is 10.00. The molecule has 0 saturated carbocycles. The average molecular weight is 284 g/mol. The van der Waals surface area contributed by atoms with E-state index in [1.807, 2.05) is 20.8 Å². The molecule has 1 aliphatic rings. The van der Waals surface area contributed by atoms with Crippen molar-refractivity contribution in [3.63, 3.8) is 0 Å². The van der Waals surface area contributed by atoms with Crippen molar-refractivity contribution in [2.24, 2.45) is 5.92 Å². The van der Waals surface area contributed by atoms with Gasteiger partial charge in [0.25, 0.3) is 0 Å². The first-order valence-electron chi connectivity index (χ1n) is 7.36. The number of hydrogen-bond acceptors (Lipinski definition) is 3. The summed E-state index contributed by atoms with van der Waals surface area (Å²) in [5.74, 6) is 0.371. The van der Waals surface area contributed by atoms with Crippen molar-refractivity contribution in [2.45, 2.75) is 58.6 Å². The van der Waals surface area contributed by atoms with E-state index in [4.69, 9.17) is 4.74 Å². The zero-order valence-electron chi connectivity index (χ0n) is 13.6. The third-order valence-corrected chi connectivity index (χ3v) is 3.44. The maximum atomic E-state index is 12.3. The first-order chi connectivity index (χ1) is 9.15. The van der Waals surface area contributed by atoms with Gasteiger partial charge in [0.1, 0.15) is 11.6 Å². The van der Waals surface area contributed by atoms with Crippen LogP contribution < -0.4 is 0 Å². The van der Waals surface area contributed by atoms with Crippen molar-refractivity contribution in [3.05, 3.63) is 0 Å². The van der Waals surface area contributed by atoms with Gasteiger partial charge in [-0.15, -0.1) is 0 Å². The number of ether oxygens (including phenoxy) is 1. The van der Waals surface area contributed by atoms with Gasteiger partial charge in [0, 0.05) is 20.6 Å². The highest BCUT2D eigenvalue weighted by Gasteiger charge is 2.41. The van der Waals surface area contributed by atoms with Gasteiger partial charge in [0.15, 0.2) is 0 Å². The van der Waals surface area contributed by atoms with E-state index < -0.39 is 5.60 Å². The van der Waals surface area contributed by atoms with Crippen molar-refractivity contribution < 1.29 is 14.3 Å². The fourth-order valence-electron chi connectivity index (χ4n) is 2.59. The molecule has 0 aromatic rings. The Kier molecular flexibility index (Phi) is 5.42. The molecule has 2 atom stereocenters. The largest absolute Gasteiger partial charge is 0.444 e. The summed E-state index contributed by atoms with van der Waals surface area (Å²) in [6.07, 6.45) is 2.47. The predicted octanol–water partition coefficient (Wildman–Crippen LogP) is 2.50. The molecule has 20 heavy (non-hydrogen) atoms. The van der Waals surface area contributed by atoms with Gasteiger partial charge in [-0.1, -0.05) is 13.3 Å². The van der Waals surface area contributed by atoms with Gasteiger partial charge in [-0.25, -0.2) is 4.79 Å². The molecule has 1 aliphatic heterocycles. The molecule has 0 unspecified atom stereocenters. The van der Waals surface area contributed by atoms with Crippen LogP contribution in [0.5, 0.6) is 0 Å². The smallest absolute Gasteiger partial charge is 0.410 e. The van der Waals surface area contributed by atoms with Crippen molar-refractivity contribution in [3.8, 4) is 0 Å². The van der Waals surface area contributed by atoms with E-state index in [2.05, 4.69) is 6.92 Å². The third-order valence-electron chi connectivity index (χ3n) is 3.44. The molecule has 2 amide bonds. The standard InChI is InChI=1S/C15H28N2O3/c1-7-8-11-9-12(13(18)16(5)6)17(10-11)14(19)20-15(2,3)4/h11-12H,7-10H2,1-6H3/t11-,12-/m0/s1. The molecule has 116 valence electrons. The number of amides is 2. The summed E-state index contributed by atoms with van der Waals surface area (Å²) in [7, 11) is 3.45. The van der Waals surface area contributed by atoms with Crippen LogP contribution in [0.1, 0.15) is 47.0 Å². The topological polar surface area (TPSA) is 49.9 Å². The molecular weight excluding hydrogens is 256 g/mol. The second-order valence-corrected chi connectivity index (χ2v) is 6.77. The van der Waals surface area contributed by atoms with Crippen LogP contribution in [-0.2, 0) is 9.53 Å². The Morgan fingerprint density at radius 2 is 1.90 bits per heavy atom. The molecule has 1 rings (SSSR count). The number of carbonyl (C=O) groups excluding carboxylic acids is 2. The maximum Gasteiger partial charge on any atom is 0.410 e. The highest BCUT2D eigenvalue weighted by molar-refractivity contribution is 5.86. The van der Waals surface area contributed by atoms with E-state index in [1.165, 1.54) is 0 Å². The summed E-state index contributed by atoms with van der Waals surface area (Å²) in [4.78, 5) is 27.7. The van der Waals surface area contributed by atoms with E-state index in [0.717, 1.165) is 19.3 Å². The normalized spacial score (nSPS) is 22.8. The van der Waals surface area contributed by atoms with Crippen LogP contribution in [0.4, 0.5) is 4.79 Å². The predicted molar refractivity (Wildman–Crippen MR) is 78.4 cm³/mol. The molecule has 1 fully saturated rings. The summed E-state index contributed by atoms with van der Waals surface area (Å²) in [5, 5.41) is 0. The first-order valence-corrected chi connectivity index (χ1v) is 7.36. The Morgan fingerprint density at radius 3 is 2.35 bits per heavy atom. The Balaban J connectivity index is 2.83. The van der Waals surface area contributed by atoms with Crippen LogP contribution in [0.2, 0.25) is 0 Å². The number of likely N-dealkylation sites (tertiary alicyclic amines) is 1. The van der Waals surface area contributed by atoms with E-state index in [1.54, 1.807) is 23.9 Å². The van der Waals surface area contributed by atoms with Crippen LogP contribution in [-0.4, -0.2) is 54.1 Å². The van der Waals surface area contributed by atoms with Gasteiger partial charge in [0.2, 0.25) is 5.91 Å². The number of rotatable bonds is 3. The summed E-state index contributed by atoms with van der Waals surface area (Å²) < 4.78 is 5.42. The van der Waals surface area contributed by atoms with Gasteiger partial charge >= 0.3 is 6.09 Å². The molecule has 1 saturated heterocycles. The lowest BCUT2D eigenvalue weighted by Gasteiger charge is -2.29. The van der Waals surface area contributed by atoms with E-state index >= 15 is 0 Å². The second-order valence-electron chi connectivity index (χ2n) is 6.77. The molecule has 1 heterocycles. The second kappa shape index (κ2) is 6.46. The first kappa shape index (κ1) is 16.8. The van der Waals surface area contributed by atoms with E-state index in [9.17, 15) is 9.59 Å². The Labute approximate surface area is 122 Å². The SMILES string of the molecule is CCC[C@H]1C[C@@H](C(=O)N(C)C)N(C(=O)OC(C)(C)C)C1. The Hall–Kier alpha value is -1.26. The Bertz CT molecular complexity index is 361. The lowest BCUT2D eigenvalue weighted by molar-refractivity contribution is -0.133. The molecule has 5 heteroatoms. The monoisotopic (exact) mass is 284 g/mol.